The van der Waals surface area contributed by atoms with Crippen LogP contribution in [0.2, 0.25) is 0 Å². The van der Waals surface area contributed by atoms with Gasteiger partial charge in [-0.1, -0.05) is 12.2 Å². The molecule has 2 nitrogen and oxygen atoms in total. The molecule has 0 aliphatic carbocycles. The highest BCUT2D eigenvalue weighted by Crippen LogP contribution is 2.06. The number of thiocarbonyl (C=S) groups is 1. The van der Waals surface area contributed by atoms with E-state index in [0.29, 0.717) is 11.5 Å². The second-order valence-electron chi connectivity index (χ2n) is 2.24. The molecular weight excluding hydrogens is 178 g/mol. The van der Waals surface area contributed by atoms with Gasteiger partial charge in [-0.2, -0.15) is 12.6 Å². The first-order chi connectivity index (χ1) is 5.25. The van der Waals surface area contributed by atoms with Crippen LogP contribution in [-0.2, 0) is 4.79 Å². The number of rotatable bonds is 3. The van der Waals surface area contributed by atoms with Gasteiger partial charge in [0.05, 0.1) is 0 Å². The molecule has 0 aromatic carbocycles. The van der Waals surface area contributed by atoms with Crippen LogP contribution in [0.4, 0.5) is 0 Å². The van der Waals surface area contributed by atoms with Crippen molar-refractivity contribution < 1.29 is 4.79 Å². The minimum Gasteiger partial charge on any atom is -0.300 e. The molecule has 1 rings (SSSR count). The molecule has 0 fully saturated rings. The Morgan fingerprint density at radius 2 is 2.27 bits per heavy atom. The monoisotopic (exact) mass is 187 g/mol. The van der Waals surface area contributed by atoms with E-state index < -0.39 is 0 Å². The zero-order chi connectivity index (χ0) is 8.27. The van der Waals surface area contributed by atoms with E-state index >= 15 is 0 Å². The van der Waals surface area contributed by atoms with Gasteiger partial charge in [0.1, 0.15) is 4.99 Å². The topological polar surface area (TPSA) is 20.3 Å². The highest BCUT2D eigenvalue weighted by molar-refractivity contribution is 7.80. The maximum absolute atomic E-state index is 11.0. The van der Waals surface area contributed by atoms with Gasteiger partial charge in [-0.15, -0.1) is 0 Å². The van der Waals surface area contributed by atoms with Crippen molar-refractivity contribution in [3.8, 4) is 0 Å². The van der Waals surface area contributed by atoms with Crippen LogP contribution in [0.3, 0.4) is 0 Å². The third-order valence-corrected chi connectivity index (χ3v) is 2.11. The Hall–Kier alpha value is -0.350. The number of hydrogen-bond acceptors (Lipinski definition) is 3. The van der Waals surface area contributed by atoms with E-state index in [1.165, 1.54) is 6.08 Å². The Labute approximate surface area is 76.7 Å². The van der Waals surface area contributed by atoms with Crippen molar-refractivity contribution in [3.63, 3.8) is 0 Å². The molecule has 0 aromatic rings. The number of thiol groups is 1. The van der Waals surface area contributed by atoms with Crippen LogP contribution < -0.4 is 0 Å². The molecule has 0 atom stereocenters. The maximum atomic E-state index is 11.0. The molecule has 1 aliphatic heterocycles. The van der Waals surface area contributed by atoms with Gasteiger partial charge in [0, 0.05) is 12.6 Å². The second-order valence-corrected chi connectivity index (χ2v) is 3.10. The third kappa shape index (κ3) is 2.04. The number of nitrogens with zero attached hydrogens (tertiary/aromatic N) is 1. The lowest BCUT2D eigenvalue weighted by atomic mass is 10.4. The van der Waals surface area contributed by atoms with E-state index in [1.807, 2.05) is 0 Å². The maximum Gasteiger partial charge on any atom is 0.251 e. The molecule has 4 heteroatoms. The molecule has 0 spiro atoms. The Balaban J connectivity index is 2.46. The first kappa shape index (κ1) is 8.74. The Morgan fingerprint density at radius 1 is 1.55 bits per heavy atom. The molecule has 0 bridgehead atoms. The first-order valence-electron chi connectivity index (χ1n) is 3.40. The summed E-state index contributed by atoms with van der Waals surface area (Å²) in [5.74, 6) is 0.781. The van der Waals surface area contributed by atoms with Crippen LogP contribution in [0.15, 0.2) is 12.2 Å². The predicted molar refractivity (Wildman–Crippen MR) is 51.9 cm³/mol. The van der Waals surface area contributed by atoms with Gasteiger partial charge in [0.15, 0.2) is 0 Å². The van der Waals surface area contributed by atoms with Gasteiger partial charge in [-0.3, -0.25) is 9.69 Å². The van der Waals surface area contributed by atoms with Gasteiger partial charge < -0.3 is 0 Å². The number of carbonyl (C=O) groups is 1. The van der Waals surface area contributed by atoms with Crippen LogP contribution in [-0.4, -0.2) is 28.1 Å². The van der Waals surface area contributed by atoms with E-state index in [1.54, 1.807) is 11.0 Å². The van der Waals surface area contributed by atoms with Gasteiger partial charge >= 0.3 is 0 Å². The molecular formula is C7H9NOS2. The standard InChI is InChI=1S/C7H9NOS2/c9-6-2-3-7(11)8(6)4-1-5-10/h2-3,10H,1,4-5H2. The van der Waals surface area contributed by atoms with Crippen molar-refractivity contribution in [1.29, 1.82) is 0 Å². The molecule has 0 unspecified atom stereocenters. The fourth-order valence-corrected chi connectivity index (χ4v) is 1.27. The van der Waals surface area contributed by atoms with E-state index in [0.717, 1.165) is 12.2 Å². The number of amides is 1. The summed E-state index contributed by atoms with van der Waals surface area (Å²) < 4.78 is 0. The first-order valence-corrected chi connectivity index (χ1v) is 4.44. The predicted octanol–water partition coefficient (Wildman–Crippen LogP) is 1.03. The fourth-order valence-electron chi connectivity index (χ4n) is 0.880. The molecule has 0 aromatic heterocycles. The number of carbonyl (C=O) groups excluding carboxylic acids is 1. The van der Waals surface area contributed by atoms with Crippen molar-refractivity contribution in [3.05, 3.63) is 12.2 Å². The van der Waals surface area contributed by atoms with E-state index in [2.05, 4.69) is 12.6 Å². The molecule has 1 amide bonds. The Bertz CT molecular complexity index is 194. The zero-order valence-electron chi connectivity index (χ0n) is 5.99. The largest absolute Gasteiger partial charge is 0.300 e. The summed E-state index contributed by atoms with van der Waals surface area (Å²) in [6, 6.07) is 0. The second kappa shape index (κ2) is 3.88. The van der Waals surface area contributed by atoms with Crippen molar-refractivity contribution in [2.24, 2.45) is 0 Å². The highest BCUT2D eigenvalue weighted by atomic mass is 32.1. The van der Waals surface area contributed by atoms with Crippen molar-refractivity contribution in [2.75, 3.05) is 12.3 Å². The average Bonchev–Trinajstić information content (AvgIpc) is 2.29. The minimum atomic E-state index is -0.00298. The van der Waals surface area contributed by atoms with Crippen molar-refractivity contribution in [2.45, 2.75) is 6.42 Å². The fraction of sp³-hybridized carbons (Fsp3) is 0.429. The average molecular weight is 187 g/mol. The van der Waals surface area contributed by atoms with Gasteiger partial charge in [0.25, 0.3) is 5.91 Å². The molecule has 1 aliphatic rings. The van der Waals surface area contributed by atoms with E-state index in [-0.39, 0.29) is 5.91 Å². The van der Waals surface area contributed by atoms with Crippen molar-refractivity contribution >= 4 is 35.7 Å². The molecule has 1 heterocycles. The molecule has 60 valence electrons. The summed E-state index contributed by atoms with van der Waals surface area (Å²) in [6.07, 6.45) is 4.05. The van der Waals surface area contributed by atoms with Crippen LogP contribution in [0.1, 0.15) is 6.42 Å². The molecule has 0 N–H and O–H groups in total. The van der Waals surface area contributed by atoms with E-state index in [9.17, 15) is 4.79 Å². The lowest BCUT2D eigenvalue weighted by Crippen LogP contribution is -2.29. The Morgan fingerprint density at radius 3 is 2.73 bits per heavy atom. The Kier molecular flexibility index (Phi) is 3.08. The number of hydrogen-bond donors (Lipinski definition) is 1. The molecule has 11 heavy (non-hydrogen) atoms. The minimum absolute atomic E-state index is 0.00298. The normalized spacial score (nSPS) is 16.6. The van der Waals surface area contributed by atoms with Crippen LogP contribution >= 0.6 is 24.8 Å². The summed E-state index contributed by atoms with van der Waals surface area (Å²) in [5, 5.41) is 0. The van der Waals surface area contributed by atoms with Gasteiger partial charge in [-0.05, 0) is 18.2 Å². The van der Waals surface area contributed by atoms with Gasteiger partial charge in [-0.25, -0.2) is 0 Å². The molecule has 0 radical (unpaired) electrons. The van der Waals surface area contributed by atoms with Crippen LogP contribution in [0, 0.1) is 0 Å². The quantitative estimate of drug-likeness (QED) is 0.526. The summed E-state index contributed by atoms with van der Waals surface area (Å²) in [5.41, 5.74) is 0. The summed E-state index contributed by atoms with van der Waals surface area (Å²) in [7, 11) is 0. The molecule has 0 saturated carbocycles. The van der Waals surface area contributed by atoms with Crippen LogP contribution in [0.25, 0.3) is 0 Å². The molecule has 0 saturated heterocycles. The smallest absolute Gasteiger partial charge is 0.251 e. The lowest BCUT2D eigenvalue weighted by molar-refractivity contribution is -0.121. The van der Waals surface area contributed by atoms with E-state index in [4.69, 9.17) is 12.2 Å². The SMILES string of the molecule is O=C1C=CC(=S)N1CCCS. The summed E-state index contributed by atoms with van der Waals surface area (Å²) in [6.45, 7) is 0.689. The van der Waals surface area contributed by atoms with Crippen molar-refractivity contribution in [1.82, 2.24) is 4.90 Å². The van der Waals surface area contributed by atoms with Gasteiger partial charge in [0.2, 0.25) is 0 Å². The highest BCUT2D eigenvalue weighted by Gasteiger charge is 2.18. The third-order valence-electron chi connectivity index (χ3n) is 1.44. The van der Waals surface area contributed by atoms with Crippen LogP contribution in [0.5, 0.6) is 0 Å². The lowest BCUT2D eigenvalue weighted by Gasteiger charge is -2.14. The summed E-state index contributed by atoms with van der Waals surface area (Å²) >= 11 is 8.98. The summed E-state index contributed by atoms with van der Waals surface area (Å²) in [4.78, 5) is 13.2. The zero-order valence-corrected chi connectivity index (χ0v) is 7.70.